The molecule has 0 aromatic heterocycles. The van der Waals surface area contributed by atoms with Gasteiger partial charge in [-0.3, -0.25) is 0 Å². The second-order valence-corrected chi connectivity index (χ2v) is 26.2. The summed E-state index contributed by atoms with van der Waals surface area (Å²) in [6.45, 7) is -1.44. The number of hydrogen-bond donors (Lipinski definition) is 0. The fourth-order valence-electron chi connectivity index (χ4n) is 9.06. The Balaban J connectivity index is 1.52. The van der Waals surface area contributed by atoms with Gasteiger partial charge in [-0.1, -0.05) is 98.1 Å². The van der Waals surface area contributed by atoms with Crippen molar-refractivity contribution < 1.29 is 0 Å². The third-order valence-corrected chi connectivity index (χ3v) is 28.7. The van der Waals surface area contributed by atoms with Crippen LogP contribution in [0.3, 0.4) is 0 Å². The van der Waals surface area contributed by atoms with Crippen molar-refractivity contribution in [2.24, 2.45) is 0 Å². The second-order valence-electron chi connectivity index (χ2n) is 14.2. The van der Waals surface area contributed by atoms with Gasteiger partial charge in [-0.15, -0.1) is 12.2 Å². The molecule has 0 amide bonds. The van der Waals surface area contributed by atoms with E-state index in [1.54, 1.807) is 21.6 Å². The lowest BCUT2D eigenvalue weighted by Crippen LogP contribution is -2.35. The van der Waals surface area contributed by atoms with Gasteiger partial charge in [-0.25, -0.2) is 6.08 Å². The zero-order valence-electron chi connectivity index (χ0n) is 28.3. The summed E-state index contributed by atoms with van der Waals surface area (Å²) in [5.41, 5.74) is 4.50. The predicted molar refractivity (Wildman–Crippen MR) is 218 cm³/mol. The van der Waals surface area contributed by atoms with Crippen LogP contribution in [-0.2, 0) is 0 Å². The summed E-state index contributed by atoms with van der Waals surface area (Å²) >= 11 is 2.66. The lowest BCUT2D eigenvalue weighted by Gasteiger charge is -2.47. The van der Waals surface area contributed by atoms with Gasteiger partial charge in [0.05, 0.1) is 31.0 Å². The van der Waals surface area contributed by atoms with Crippen molar-refractivity contribution in [3.63, 3.8) is 0 Å². The van der Waals surface area contributed by atoms with E-state index < -0.39 is 21.9 Å². The van der Waals surface area contributed by atoms with Crippen LogP contribution in [0.2, 0.25) is 0 Å². The zero-order chi connectivity index (χ0) is 31.7. The average molecular weight is 696 g/mol. The fourth-order valence-corrected chi connectivity index (χ4v) is 30.9. The molecule has 0 spiro atoms. The molecule has 47 heavy (non-hydrogen) atoms. The minimum Gasteiger partial charge on any atom is -0.206 e. The summed E-state index contributed by atoms with van der Waals surface area (Å²) in [5.74, 6) is 0. The maximum atomic E-state index is 2.66. The van der Waals surface area contributed by atoms with Gasteiger partial charge >= 0.3 is 0 Å². The summed E-state index contributed by atoms with van der Waals surface area (Å²) in [4.78, 5) is 0. The molecule has 4 aliphatic rings. The normalized spacial score (nSPS) is 20.8. The van der Waals surface area contributed by atoms with Crippen LogP contribution in [0, 0.1) is 5.66 Å². The molecule has 3 aromatic carbocycles. The highest BCUT2D eigenvalue weighted by molar-refractivity contribution is 8.75. The number of benzene rings is 3. The Hall–Kier alpha value is -1.61. The van der Waals surface area contributed by atoms with Crippen LogP contribution in [0.15, 0.2) is 115 Å². The highest BCUT2D eigenvalue weighted by atomic mass is 32.7. The average Bonchev–Trinajstić information content (AvgIpc) is 3.17. The summed E-state index contributed by atoms with van der Waals surface area (Å²) in [5, 5.41) is 4.66. The van der Waals surface area contributed by atoms with E-state index in [1.165, 1.54) is 96.3 Å². The minimum absolute atomic E-state index is 0.637. The van der Waals surface area contributed by atoms with E-state index in [4.69, 9.17) is 0 Å². The molecule has 0 radical (unpaired) electrons. The van der Waals surface area contributed by atoms with E-state index in [-0.39, 0.29) is 0 Å². The molecule has 0 nitrogen and oxygen atoms in total. The first kappa shape index (κ1) is 33.9. The summed E-state index contributed by atoms with van der Waals surface area (Å²) in [6.07, 6.45) is 32.8. The van der Waals surface area contributed by atoms with Crippen LogP contribution >= 0.6 is 33.3 Å². The molecule has 4 heteroatoms. The Bertz CT molecular complexity index is 1390. The standard InChI is InChI=1S/C43H54P3S/c1-8-22-36(23-9-1)44(37-24-10-2-11-25-37)43(45(38-26-12-3-13-27-38)39-28-14-4-15-29-39)47-46(40-30-16-5-17-31-40,41-32-18-6-19-33-41)42-34-20-7-21-35-42/h1-4,8-15,22-28,40-42H,5-7,16-21,29-35H2/q+1. The zero-order valence-corrected chi connectivity index (χ0v) is 31.8. The lowest BCUT2D eigenvalue weighted by atomic mass is 9.99. The van der Waals surface area contributed by atoms with Gasteiger partial charge in [0, 0.05) is 7.92 Å². The number of hydrogen-bond acceptors (Lipinski definition) is 1. The Morgan fingerprint density at radius 1 is 0.574 bits per heavy atom. The van der Waals surface area contributed by atoms with Crippen molar-refractivity contribution in [3.05, 3.63) is 121 Å². The number of rotatable bonds is 10. The van der Waals surface area contributed by atoms with E-state index in [1.807, 2.05) is 4.37 Å². The molecule has 0 heterocycles. The summed E-state index contributed by atoms with van der Waals surface area (Å²) in [7, 11) is -1.31. The molecule has 3 aromatic rings. The first-order chi connectivity index (χ1) is 23.3. The fraction of sp³-hybridized carbons (Fsp3) is 0.442. The van der Waals surface area contributed by atoms with Crippen LogP contribution in [0.5, 0.6) is 0 Å². The van der Waals surface area contributed by atoms with Crippen molar-refractivity contribution >= 4 is 53.6 Å². The van der Waals surface area contributed by atoms with E-state index >= 15 is 0 Å². The third-order valence-electron chi connectivity index (χ3n) is 11.3. The van der Waals surface area contributed by atoms with Crippen LogP contribution in [0.4, 0.5) is 0 Å². The predicted octanol–water partition coefficient (Wildman–Crippen LogP) is 12.7. The van der Waals surface area contributed by atoms with Crippen molar-refractivity contribution in [2.45, 2.75) is 120 Å². The first-order valence-electron chi connectivity index (χ1n) is 18.7. The van der Waals surface area contributed by atoms with Gasteiger partial charge in [0.25, 0.3) is 0 Å². The molecule has 0 N–H and O–H groups in total. The highest BCUT2D eigenvalue weighted by Gasteiger charge is 2.61. The third kappa shape index (κ3) is 7.76. The van der Waals surface area contributed by atoms with Crippen molar-refractivity contribution in [3.8, 4) is 0 Å². The van der Waals surface area contributed by atoms with E-state index in [0.29, 0.717) is 0 Å². The molecule has 1 atom stereocenters. The molecule has 3 fully saturated rings. The molecule has 0 aliphatic heterocycles. The Kier molecular flexibility index (Phi) is 12.2. The molecule has 1 unspecified atom stereocenters. The summed E-state index contributed by atoms with van der Waals surface area (Å²) in [6, 6.07) is 35.4. The van der Waals surface area contributed by atoms with E-state index in [9.17, 15) is 0 Å². The minimum atomic E-state index is -1.44. The van der Waals surface area contributed by atoms with Gasteiger partial charge in [-0.05, 0) is 112 Å². The molecule has 0 saturated heterocycles. The van der Waals surface area contributed by atoms with Gasteiger partial charge < -0.3 is 0 Å². The quantitative estimate of drug-likeness (QED) is 0.150. The van der Waals surface area contributed by atoms with Gasteiger partial charge in [0.2, 0.25) is 4.37 Å². The molecule has 4 aliphatic carbocycles. The first-order valence-corrected chi connectivity index (χ1v) is 24.8. The molecule has 3 saturated carbocycles. The molecular formula is C43H54P3S+. The van der Waals surface area contributed by atoms with Crippen LogP contribution in [0.25, 0.3) is 0 Å². The van der Waals surface area contributed by atoms with Gasteiger partial charge in [-0.2, -0.15) is 6.08 Å². The van der Waals surface area contributed by atoms with Gasteiger partial charge in [0.15, 0.2) is 0 Å². The molecule has 246 valence electrons. The van der Waals surface area contributed by atoms with Crippen molar-refractivity contribution in [1.82, 2.24) is 0 Å². The highest BCUT2D eigenvalue weighted by Crippen LogP contribution is 2.87. The summed E-state index contributed by atoms with van der Waals surface area (Å²) < 4.78 is 1.88. The van der Waals surface area contributed by atoms with Crippen molar-refractivity contribution in [1.29, 1.82) is 0 Å². The van der Waals surface area contributed by atoms with Crippen molar-refractivity contribution in [2.75, 3.05) is 0 Å². The molecular weight excluding hydrogens is 641 g/mol. The van der Waals surface area contributed by atoms with E-state index in [0.717, 1.165) is 23.4 Å². The lowest BCUT2D eigenvalue weighted by molar-refractivity contribution is 0.458. The van der Waals surface area contributed by atoms with Crippen LogP contribution in [0.1, 0.15) is 103 Å². The molecule has 7 rings (SSSR count). The topological polar surface area (TPSA) is 0 Å². The van der Waals surface area contributed by atoms with Crippen LogP contribution in [-0.4, -0.2) is 21.3 Å². The van der Waals surface area contributed by atoms with Gasteiger partial charge in [0.1, 0.15) is 16.7 Å². The Morgan fingerprint density at radius 2 is 1.02 bits per heavy atom. The maximum absolute atomic E-state index is 2.66. The smallest absolute Gasteiger partial charge is 0.206 e. The molecule has 0 bridgehead atoms. The second kappa shape index (κ2) is 16.9. The number of allylic oxidation sites excluding steroid dienone is 4. The van der Waals surface area contributed by atoms with E-state index in [2.05, 4.69) is 127 Å². The SMILES string of the molecule is C1=CC[C-]([P+](=C(S[P+](C2CCCCC2)(C2CCCCC2)C2CCCCC2)P(c2ccccc2)c2ccccc2)c2ccccc2)C=C1. The Morgan fingerprint density at radius 3 is 1.45 bits per heavy atom. The Labute approximate surface area is 292 Å². The maximum Gasteiger partial charge on any atom is 0.214 e. The largest absolute Gasteiger partial charge is 0.214 e. The monoisotopic (exact) mass is 695 g/mol. The van der Waals surface area contributed by atoms with Crippen LogP contribution < -0.4 is 15.9 Å².